The number of carboxylic acids is 1. The number of carbonyl (C=O) groups excluding carboxylic acids is 1. The first kappa shape index (κ1) is 21.0. The zero-order valence-corrected chi connectivity index (χ0v) is 15.1. The Labute approximate surface area is 149 Å². The molecule has 2 atom stereocenters. The van der Waals surface area contributed by atoms with Crippen LogP contribution in [0.2, 0.25) is 0 Å². The van der Waals surface area contributed by atoms with E-state index in [9.17, 15) is 9.59 Å². The maximum Gasteiger partial charge on any atom is 0.407 e. The van der Waals surface area contributed by atoms with Gasteiger partial charge in [0.05, 0.1) is 13.0 Å². The molecular weight excluding hydrogens is 322 g/mol. The molecule has 1 aromatic carbocycles. The van der Waals surface area contributed by atoms with Crippen molar-refractivity contribution in [3.8, 4) is 0 Å². The van der Waals surface area contributed by atoms with Crippen LogP contribution in [-0.2, 0) is 20.9 Å². The zero-order valence-electron chi connectivity index (χ0n) is 15.1. The summed E-state index contributed by atoms with van der Waals surface area (Å²) >= 11 is 0. The van der Waals surface area contributed by atoms with Gasteiger partial charge < -0.3 is 19.9 Å². The molecule has 0 fully saturated rings. The van der Waals surface area contributed by atoms with E-state index in [2.05, 4.69) is 19.2 Å². The van der Waals surface area contributed by atoms with E-state index in [1.807, 2.05) is 30.3 Å². The van der Waals surface area contributed by atoms with Crippen LogP contribution in [0.25, 0.3) is 0 Å². The molecule has 0 saturated heterocycles. The lowest BCUT2D eigenvalue weighted by Gasteiger charge is -2.17. The SMILES string of the molecule is CC[C@@H](C)COC[C@H](CCNC(=O)OCc1ccccc1)CC(=O)O. The summed E-state index contributed by atoms with van der Waals surface area (Å²) in [5.41, 5.74) is 0.917. The van der Waals surface area contributed by atoms with Crippen LogP contribution in [0.15, 0.2) is 30.3 Å². The summed E-state index contributed by atoms with van der Waals surface area (Å²) < 4.78 is 10.7. The number of benzene rings is 1. The van der Waals surface area contributed by atoms with Crippen LogP contribution in [0.1, 0.15) is 38.7 Å². The molecule has 0 spiro atoms. The van der Waals surface area contributed by atoms with Crippen LogP contribution < -0.4 is 5.32 Å². The molecule has 1 aromatic rings. The molecule has 0 bridgehead atoms. The summed E-state index contributed by atoms with van der Waals surface area (Å²) in [5.74, 6) is -0.531. The van der Waals surface area contributed by atoms with Gasteiger partial charge in [0.15, 0.2) is 0 Å². The van der Waals surface area contributed by atoms with Crippen molar-refractivity contribution < 1.29 is 24.2 Å². The van der Waals surface area contributed by atoms with Gasteiger partial charge in [0, 0.05) is 13.2 Å². The fraction of sp³-hybridized carbons (Fsp3) is 0.579. The van der Waals surface area contributed by atoms with Gasteiger partial charge in [-0.1, -0.05) is 50.6 Å². The monoisotopic (exact) mass is 351 g/mol. The van der Waals surface area contributed by atoms with Crippen molar-refractivity contribution in [3.05, 3.63) is 35.9 Å². The van der Waals surface area contributed by atoms with Gasteiger partial charge in [0.1, 0.15) is 6.61 Å². The summed E-state index contributed by atoms with van der Waals surface area (Å²) in [6, 6.07) is 9.42. The second-order valence-electron chi connectivity index (χ2n) is 6.29. The number of hydrogen-bond donors (Lipinski definition) is 2. The summed E-state index contributed by atoms with van der Waals surface area (Å²) in [6.45, 7) is 5.77. The molecule has 6 heteroatoms. The van der Waals surface area contributed by atoms with Crippen LogP contribution in [0.3, 0.4) is 0 Å². The highest BCUT2D eigenvalue weighted by Crippen LogP contribution is 2.11. The van der Waals surface area contributed by atoms with Crippen molar-refractivity contribution in [2.45, 2.75) is 39.7 Å². The number of ether oxygens (including phenoxy) is 2. The topological polar surface area (TPSA) is 84.9 Å². The minimum Gasteiger partial charge on any atom is -0.481 e. The predicted molar refractivity (Wildman–Crippen MR) is 95.3 cm³/mol. The van der Waals surface area contributed by atoms with Crippen molar-refractivity contribution in [2.75, 3.05) is 19.8 Å². The Balaban J connectivity index is 2.25. The first-order valence-corrected chi connectivity index (χ1v) is 8.75. The second kappa shape index (κ2) is 12.3. The average Bonchev–Trinajstić information content (AvgIpc) is 2.60. The Morgan fingerprint density at radius 1 is 1.20 bits per heavy atom. The van der Waals surface area contributed by atoms with Crippen LogP contribution in [0.4, 0.5) is 4.79 Å². The van der Waals surface area contributed by atoms with Crippen molar-refractivity contribution in [1.82, 2.24) is 5.32 Å². The number of hydrogen-bond acceptors (Lipinski definition) is 4. The zero-order chi connectivity index (χ0) is 18.5. The van der Waals surface area contributed by atoms with Crippen LogP contribution in [-0.4, -0.2) is 36.9 Å². The van der Waals surface area contributed by atoms with Gasteiger partial charge in [-0.2, -0.15) is 0 Å². The molecule has 0 aromatic heterocycles. The first-order valence-electron chi connectivity index (χ1n) is 8.75. The van der Waals surface area contributed by atoms with E-state index in [1.54, 1.807) is 0 Å². The average molecular weight is 351 g/mol. The Bertz CT molecular complexity index is 506. The summed E-state index contributed by atoms with van der Waals surface area (Å²) in [6.07, 6.45) is 1.09. The second-order valence-corrected chi connectivity index (χ2v) is 6.29. The van der Waals surface area contributed by atoms with Gasteiger partial charge in [0.2, 0.25) is 0 Å². The van der Waals surface area contributed by atoms with Gasteiger partial charge in [0.25, 0.3) is 0 Å². The van der Waals surface area contributed by atoms with Gasteiger partial charge in [-0.25, -0.2) is 4.79 Å². The summed E-state index contributed by atoms with van der Waals surface area (Å²) in [5, 5.41) is 11.6. The van der Waals surface area contributed by atoms with Crippen LogP contribution in [0.5, 0.6) is 0 Å². The molecule has 0 unspecified atom stereocenters. The lowest BCUT2D eigenvalue weighted by molar-refractivity contribution is -0.138. The molecule has 1 amide bonds. The van der Waals surface area contributed by atoms with E-state index >= 15 is 0 Å². The van der Waals surface area contributed by atoms with Gasteiger partial charge in [-0.3, -0.25) is 4.79 Å². The third-order valence-corrected chi connectivity index (χ3v) is 3.95. The van der Waals surface area contributed by atoms with Crippen molar-refractivity contribution in [3.63, 3.8) is 0 Å². The molecule has 0 heterocycles. The number of carboxylic acid groups (broad SMARTS) is 1. The van der Waals surface area contributed by atoms with Crippen molar-refractivity contribution >= 4 is 12.1 Å². The molecular formula is C19H29NO5. The van der Waals surface area contributed by atoms with Gasteiger partial charge in [-0.15, -0.1) is 0 Å². The third kappa shape index (κ3) is 10.4. The standard InChI is InChI=1S/C19H29NO5/c1-3-15(2)12-24-13-17(11-18(21)22)9-10-20-19(23)25-14-16-7-5-4-6-8-16/h4-8,15,17H,3,9-14H2,1-2H3,(H,20,23)(H,21,22)/t15-,17-/m1/s1. The van der Waals surface area contributed by atoms with E-state index in [0.717, 1.165) is 12.0 Å². The van der Waals surface area contributed by atoms with Crippen molar-refractivity contribution in [2.24, 2.45) is 11.8 Å². The fourth-order valence-corrected chi connectivity index (χ4v) is 2.20. The van der Waals surface area contributed by atoms with E-state index < -0.39 is 12.1 Å². The Kier molecular flexibility index (Phi) is 10.3. The van der Waals surface area contributed by atoms with E-state index in [4.69, 9.17) is 14.6 Å². The van der Waals surface area contributed by atoms with Gasteiger partial charge >= 0.3 is 12.1 Å². The van der Waals surface area contributed by atoms with E-state index in [1.165, 1.54) is 0 Å². The maximum absolute atomic E-state index is 11.7. The summed E-state index contributed by atoms with van der Waals surface area (Å²) in [4.78, 5) is 22.6. The number of nitrogens with one attached hydrogen (secondary N) is 1. The molecule has 0 saturated carbocycles. The molecule has 0 aliphatic rings. The quantitative estimate of drug-likeness (QED) is 0.602. The van der Waals surface area contributed by atoms with E-state index in [0.29, 0.717) is 32.1 Å². The number of rotatable bonds is 12. The first-order chi connectivity index (χ1) is 12.0. The lowest BCUT2D eigenvalue weighted by Crippen LogP contribution is -2.28. The number of alkyl carbamates (subject to hydrolysis) is 1. The van der Waals surface area contributed by atoms with Crippen LogP contribution >= 0.6 is 0 Å². The highest BCUT2D eigenvalue weighted by molar-refractivity contribution is 5.67. The minimum atomic E-state index is -0.858. The lowest BCUT2D eigenvalue weighted by atomic mass is 10.0. The molecule has 2 N–H and O–H groups in total. The van der Waals surface area contributed by atoms with Gasteiger partial charge in [-0.05, 0) is 23.8 Å². The van der Waals surface area contributed by atoms with Crippen molar-refractivity contribution in [1.29, 1.82) is 0 Å². The molecule has 0 aliphatic carbocycles. The summed E-state index contributed by atoms with van der Waals surface area (Å²) in [7, 11) is 0. The fourth-order valence-electron chi connectivity index (χ4n) is 2.20. The van der Waals surface area contributed by atoms with Crippen LogP contribution in [0, 0.1) is 11.8 Å². The molecule has 140 valence electrons. The Morgan fingerprint density at radius 3 is 2.56 bits per heavy atom. The maximum atomic E-state index is 11.7. The molecule has 1 rings (SSSR count). The highest BCUT2D eigenvalue weighted by Gasteiger charge is 2.15. The molecule has 6 nitrogen and oxygen atoms in total. The molecule has 0 aliphatic heterocycles. The highest BCUT2D eigenvalue weighted by atomic mass is 16.5. The minimum absolute atomic E-state index is 0.0290. The number of aliphatic carboxylic acids is 1. The predicted octanol–water partition coefficient (Wildman–Crippen LogP) is 3.46. The Hall–Kier alpha value is -2.08. The normalized spacial score (nSPS) is 13.0. The number of amides is 1. The van der Waals surface area contributed by atoms with E-state index in [-0.39, 0.29) is 18.9 Å². The molecule has 25 heavy (non-hydrogen) atoms. The Morgan fingerprint density at radius 2 is 1.92 bits per heavy atom. The molecule has 0 radical (unpaired) electrons. The largest absolute Gasteiger partial charge is 0.481 e. The third-order valence-electron chi connectivity index (χ3n) is 3.95. The number of carbonyl (C=O) groups is 2. The smallest absolute Gasteiger partial charge is 0.407 e.